The summed E-state index contributed by atoms with van der Waals surface area (Å²) in [5.74, 6) is -0.726. The van der Waals surface area contributed by atoms with E-state index >= 15 is 0 Å². The van der Waals surface area contributed by atoms with E-state index in [1.807, 2.05) is 61.5 Å². The van der Waals surface area contributed by atoms with Crippen molar-refractivity contribution in [3.8, 4) is 5.75 Å². The van der Waals surface area contributed by atoms with Crippen LogP contribution in [0.5, 0.6) is 5.75 Å². The molecule has 0 aliphatic carbocycles. The summed E-state index contributed by atoms with van der Waals surface area (Å²) in [5, 5.41) is 9.60. The molecule has 1 fully saturated rings. The largest absolute Gasteiger partial charge is 0.497 e. The summed E-state index contributed by atoms with van der Waals surface area (Å²) in [6, 6.07) is 17.3. The number of rotatable bonds is 6. The summed E-state index contributed by atoms with van der Waals surface area (Å²) in [6.45, 7) is 2.73. The highest BCUT2D eigenvalue weighted by molar-refractivity contribution is 5.80. The molecule has 1 aliphatic heterocycles. The highest BCUT2D eigenvalue weighted by atomic mass is 16.5. The van der Waals surface area contributed by atoms with Gasteiger partial charge in [-0.05, 0) is 29.2 Å². The van der Waals surface area contributed by atoms with Crippen molar-refractivity contribution in [1.29, 1.82) is 0 Å². The van der Waals surface area contributed by atoms with Crippen molar-refractivity contribution in [2.24, 2.45) is 5.92 Å². The smallest absolute Gasteiger partial charge is 0.308 e. The zero-order chi connectivity index (χ0) is 19.4. The van der Waals surface area contributed by atoms with Crippen LogP contribution in [0.4, 0.5) is 0 Å². The van der Waals surface area contributed by atoms with Crippen molar-refractivity contribution >= 4 is 11.9 Å². The van der Waals surface area contributed by atoms with Crippen LogP contribution in [0.1, 0.15) is 36.3 Å². The summed E-state index contributed by atoms with van der Waals surface area (Å²) in [7, 11) is 1.62. The predicted molar refractivity (Wildman–Crippen MR) is 103 cm³/mol. The van der Waals surface area contributed by atoms with E-state index in [4.69, 9.17) is 4.74 Å². The fraction of sp³-hybridized carbons (Fsp3) is 0.364. The van der Waals surface area contributed by atoms with Crippen molar-refractivity contribution in [1.82, 2.24) is 4.90 Å². The molecule has 1 amide bonds. The quantitative estimate of drug-likeness (QED) is 0.848. The Morgan fingerprint density at radius 2 is 1.78 bits per heavy atom. The fourth-order valence-corrected chi connectivity index (χ4v) is 3.74. The van der Waals surface area contributed by atoms with Crippen LogP contribution >= 0.6 is 0 Å². The second-order valence-corrected chi connectivity index (χ2v) is 7.14. The highest BCUT2D eigenvalue weighted by Crippen LogP contribution is 2.34. The molecule has 142 valence electrons. The number of nitrogens with zero attached hydrogens (tertiary/aromatic N) is 1. The van der Waals surface area contributed by atoms with Crippen molar-refractivity contribution in [3.63, 3.8) is 0 Å². The lowest BCUT2D eigenvalue weighted by Crippen LogP contribution is -2.30. The van der Waals surface area contributed by atoms with E-state index in [1.54, 1.807) is 12.0 Å². The molecule has 3 rings (SSSR count). The topological polar surface area (TPSA) is 66.8 Å². The third kappa shape index (κ3) is 4.30. The van der Waals surface area contributed by atoms with Gasteiger partial charge in [0.05, 0.1) is 13.0 Å². The first-order chi connectivity index (χ1) is 13.0. The third-order valence-corrected chi connectivity index (χ3v) is 5.38. The van der Waals surface area contributed by atoms with E-state index in [0.29, 0.717) is 13.0 Å². The van der Waals surface area contributed by atoms with Gasteiger partial charge in [-0.15, -0.1) is 0 Å². The van der Waals surface area contributed by atoms with E-state index in [2.05, 4.69) is 0 Å². The van der Waals surface area contributed by atoms with Crippen LogP contribution in [0.25, 0.3) is 0 Å². The molecule has 1 aliphatic rings. The predicted octanol–water partition coefficient (Wildman–Crippen LogP) is 3.52. The summed E-state index contributed by atoms with van der Waals surface area (Å²) < 4.78 is 5.17. The minimum atomic E-state index is -0.845. The number of carbonyl (C=O) groups is 2. The summed E-state index contributed by atoms with van der Waals surface area (Å²) >= 11 is 0. The Balaban J connectivity index is 1.68. The van der Waals surface area contributed by atoms with Gasteiger partial charge in [0.2, 0.25) is 5.91 Å². The highest BCUT2D eigenvalue weighted by Gasteiger charge is 2.40. The molecule has 27 heavy (non-hydrogen) atoms. The van der Waals surface area contributed by atoms with Crippen LogP contribution in [0, 0.1) is 5.92 Å². The van der Waals surface area contributed by atoms with Crippen LogP contribution in [-0.2, 0) is 9.59 Å². The molecule has 1 heterocycles. The number of likely N-dealkylation sites (tertiary alicyclic amines) is 1. The first kappa shape index (κ1) is 19.0. The molecular formula is C22H25NO4. The standard InChI is InChI=1S/C22H25NO4/c1-15(16-8-10-18(27-2)11-9-16)12-21(24)23-13-19(20(14-23)22(25)26)17-6-4-3-5-7-17/h3-11,15,19-20H,12-14H2,1-2H3,(H,25,26)/t15?,19-,20-/m0/s1. The Morgan fingerprint density at radius 1 is 1.11 bits per heavy atom. The second-order valence-electron chi connectivity index (χ2n) is 7.14. The molecule has 5 heteroatoms. The number of hydrogen-bond donors (Lipinski definition) is 1. The van der Waals surface area contributed by atoms with Gasteiger partial charge in [-0.1, -0.05) is 49.4 Å². The number of methoxy groups -OCH3 is 1. The normalized spacial score (nSPS) is 20.3. The Labute approximate surface area is 159 Å². The summed E-state index contributed by atoms with van der Waals surface area (Å²) in [6.07, 6.45) is 0.361. The zero-order valence-corrected chi connectivity index (χ0v) is 15.7. The van der Waals surface area contributed by atoms with E-state index in [1.165, 1.54) is 0 Å². The van der Waals surface area contributed by atoms with Gasteiger partial charge < -0.3 is 14.7 Å². The average Bonchev–Trinajstić information content (AvgIpc) is 3.14. The molecule has 0 spiro atoms. The first-order valence-electron chi connectivity index (χ1n) is 9.19. The summed E-state index contributed by atoms with van der Waals surface area (Å²) in [5.41, 5.74) is 2.04. The van der Waals surface area contributed by atoms with Gasteiger partial charge >= 0.3 is 5.97 Å². The number of aliphatic carboxylic acids is 1. The van der Waals surface area contributed by atoms with Crippen LogP contribution < -0.4 is 4.74 Å². The monoisotopic (exact) mass is 367 g/mol. The van der Waals surface area contributed by atoms with Gasteiger partial charge in [0.25, 0.3) is 0 Å². The number of carboxylic acids is 1. The molecule has 5 nitrogen and oxygen atoms in total. The molecular weight excluding hydrogens is 342 g/mol. The van der Waals surface area contributed by atoms with Gasteiger partial charge in [-0.2, -0.15) is 0 Å². The van der Waals surface area contributed by atoms with E-state index < -0.39 is 11.9 Å². The number of carbonyl (C=O) groups excluding carboxylic acids is 1. The van der Waals surface area contributed by atoms with Crippen molar-refractivity contribution in [2.75, 3.05) is 20.2 Å². The van der Waals surface area contributed by atoms with Crippen molar-refractivity contribution < 1.29 is 19.4 Å². The van der Waals surface area contributed by atoms with Gasteiger partial charge in [-0.25, -0.2) is 0 Å². The van der Waals surface area contributed by atoms with Crippen LogP contribution in [0.3, 0.4) is 0 Å². The minimum absolute atomic E-state index is 0.00278. The lowest BCUT2D eigenvalue weighted by atomic mass is 9.89. The van der Waals surface area contributed by atoms with Gasteiger partial charge in [-0.3, -0.25) is 9.59 Å². The lowest BCUT2D eigenvalue weighted by molar-refractivity contribution is -0.141. The van der Waals surface area contributed by atoms with E-state index in [9.17, 15) is 14.7 Å². The van der Waals surface area contributed by atoms with Crippen molar-refractivity contribution in [2.45, 2.75) is 25.2 Å². The molecule has 2 aromatic rings. The zero-order valence-electron chi connectivity index (χ0n) is 15.7. The maximum atomic E-state index is 12.8. The number of ether oxygens (including phenoxy) is 1. The van der Waals surface area contributed by atoms with Gasteiger partial charge in [0, 0.05) is 25.4 Å². The number of benzene rings is 2. The van der Waals surface area contributed by atoms with E-state index in [0.717, 1.165) is 16.9 Å². The van der Waals surface area contributed by atoms with Crippen LogP contribution in [0.2, 0.25) is 0 Å². The maximum Gasteiger partial charge on any atom is 0.308 e. The number of amides is 1. The molecule has 1 unspecified atom stereocenters. The molecule has 1 N–H and O–H groups in total. The summed E-state index contributed by atoms with van der Waals surface area (Å²) in [4.78, 5) is 26.2. The Hall–Kier alpha value is -2.82. The van der Waals surface area contributed by atoms with Crippen LogP contribution in [-0.4, -0.2) is 42.1 Å². The average molecular weight is 367 g/mol. The molecule has 0 saturated carbocycles. The first-order valence-corrected chi connectivity index (χ1v) is 9.19. The lowest BCUT2D eigenvalue weighted by Gasteiger charge is -2.19. The third-order valence-electron chi connectivity index (χ3n) is 5.38. The fourth-order valence-electron chi connectivity index (χ4n) is 3.74. The molecule has 3 atom stereocenters. The Bertz CT molecular complexity index is 788. The molecule has 0 bridgehead atoms. The molecule has 0 aromatic heterocycles. The number of hydrogen-bond acceptors (Lipinski definition) is 3. The maximum absolute atomic E-state index is 12.8. The molecule has 1 saturated heterocycles. The molecule has 2 aromatic carbocycles. The number of carboxylic acid groups (broad SMARTS) is 1. The Morgan fingerprint density at radius 3 is 2.37 bits per heavy atom. The van der Waals surface area contributed by atoms with Crippen LogP contribution in [0.15, 0.2) is 54.6 Å². The molecule has 0 radical (unpaired) electrons. The van der Waals surface area contributed by atoms with Gasteiger partial charge in [0.1, 0.15) is 5.75 Å². The Kier molecular flexibility index (Phi) is 5.79. The SMILES string of the molecule is COc1ccc(C(C)CC(=O)N2C[C@H](C(=O)O)[C@H](c3ccccc3)C2)cc1. The van der Waals surface area contributed by atoms with Crippen molar-refractivity contribution in [3.05, 3.63) is 65.7 Å². The second kappa shape index (κ2) is 8.25. The van der Waals surface area contributed by atoms with E-state index in [-0.39, 0.29) is 24.3 Å². The minimum Gasteiger partial charge on any atom is -0.497 e. The van der Waals surface area contributed by atoms with Gasteiger partial charge in [0.15, 0.2) is 0 Å².